The first-order chi connectivity index (χ1) is 11.8. The Kier molecular flexibility index (Phi) is 5.95. The summed E-state index contributed by atoms with van der Waals surface area (Å²) in [5.41, 5.74) is 8.55. The maximum absolute atomic E-state index is 12.5. The number of anilines is 2. The van der Waals surface area contributed by atoms with Crippen molar-refractivity contribution < 1.29 is 13.2 Å². The summed E-state index contributed by atoms with van der Waals surface area (Å²) in [5.74, 6) is -0.327. The molecule has 140 valence electrons. The van der Waals surface area contributed by atoms with Crippen LogP contribution in [-0.2, 0) is 10.0 Å². The van der Waals surface area contributed by atoms with Crippen LogP contribution in [-0.4, -0.2) is 20.4 Å². The number of amides is 1. The van der Waals surface area contributed by atoms with Gasteiger partial charge in [0.1, 0.15) is 0 Å². The fraction of sp³-hybridized carbons (Fsp3) is 0.278. The molecule has 0 spiro atoms. The number of benzene rings is 2. The molecule has 6 nitrogen and oxygen atoms in total. The third kappa shape index (κ3) is 4.55. The van der Waals surface area contributed by atoms with Crippen LogP contribution < -0.4 is 15.8 Å². The second-order valence-corrected chi connectivity index (χ2v) is 8.09. The molecule has 1 aliphatic rings. The molecule has 0 aromatic heterocycles. The number of carbonyl (C=O) groups excluding carboxylic acids is 1. The van der Waals surface area contributed by atoms with Crippen molar-refractivity contribution in [3.05, 3.63) is 53.1 Å². The standard InChI is InChI=1S/C18H21N3O3S.ClH/c1-11-3-5-13(19)9-16(11)18(22)20-15-6-4-12(2)17(10-15)25(23,24)21-14-7-8-14;/h3-6,9-10,14,21H,7-8,19H2,1-2H3,(H,20,22);1H. The van der Waals surface area contributed by atoms with Gasteiger partial charge in [-0.15, -0.1) is 12.4 Å². The maximum atomic E-state index is 12.5. The molecule has 1 fully saturated rings. The lowest BCUT2D eigenvalue weighted by molar-refractivity contribution is 0.102. The van der Waals surface area contributed by atoms with E-state index < -0.39 is 10.0 Å². The van der Waals surface area contributed by atoms with Crippen molar-refractivity contribution in [2.45, 2.75) is 37.6 Å². The van der Waals surface area contributed by atoms with Crippen molar-refractivity contribution >= 4 is 39.7 Å². The van der Waals surface area contributed by atoms with Gasteiger partial charge < -0.3 is 11.1 Å². The maximum Gasteiger partial charge on any atom is 0.256 e. The normalized spacial score (nSPS) is 13.8. The topological polar surface area (TPSA) is 101 Å². The van der Waals surface area contributed by atoms with Gasteiger partial charge in [-0.1, -0.05) is 12.1 Å². The van der Waals surface area contributed by atoms with E-state index in [1.54, 1.807) is 37.3 Å². The van der Waals surface area contributed by atoms with Crippen molar-refractivity contribution in [2.75, 3.05) is 11.1 Å². The number of sulfonamides is 1. The molecule has 0 bridgehead atoms. The zero-order chi connectivity index (χ0) is 18.2. The average molecular weight is 396 g/mol. The molecular weight excluding hydrogens is 374 g/mol. The summed E-state index contributed by atoms with van der Waals surface area (Å²) < 4.78 is 27.6. The van der Waals surface area contributed by atoms with Gasteiger partial charge in [0.2, 0.25) is 10.0 Å². The van der Waals surface area contributed by atoms with Gasteiger partial charge in [-0.2, -0.15) is 0 Å². The molecule has 4 N–H and O–H groups in total. The minimum Gasteiger partial charge on any atom is -0.399 e. The molecule has 0 aliphatic heterocycles. The van der Waals surface area contributed by atoms with Crippen molar-refractivity contribution in [3.8, 4) is 0 Å². The highest BCUT2D eigenvalue weighted by atomic mass is 35.5. The number of carbonyl (C=O) groups is 1. The molecule has 1 amide bonds. The summed E-state index contributed by atoms with van der Waals surface area (Å²) in [5, 5.41) is 2.75. The van der Waals surface area contributed by atoms with Crippen LogP contribution in [0.2, 0.25) is 0 Å². The van der Waals surface area contributed by atoms with E-state index in [1.807, 2.05) is 6.92 Å². The Morgan fingerprint density at radius 3 is 2.38 bits per heavy atom. The monoisotopic (exact) mass is 395 g/mol. The van der Waals surface area contributed by atoms with Crippen LogP contribution in [0.15, 0.2) is 41.3 Å². The van der Waals surface area contributed by atoms with Gasteiger partial charge in [0, 0.05) is 23.0 Å². The molecule has 2 aromatic carbocycles. The molecule has 8 heteroatoms. The lowest BCUT2D eigenvalue weighted by atomic mass is 10.1. The van der Waals surface area contributed by atoms with Gasteiger partial charge in [-0.3, -0.25) is 4.79 Å². The van der Waals surface area contributed by atoms with E-state index in [0.29, 0.717) is 22.5 Å². The van der Waals surface area contributed by atoms with Crippen LogP contribution >= 0.6 is 12.4 Å². The molecule has 0 unspecified atom stereocenters. The number of halogens is 1. The first-order valence-electron chi connectivity index (χ1n) is 8.07. The van der Waals surface area contributed by atoms with E-state index in [0.717, 1.165) is 18.4 Å². The number of nitrogens with one attached hydrogen (secondary N) is 2. The number of nitrogens with two attached hydrogens (primary N) is 1. The second-order valence-electron chi connectivity index (χ2n) is 6.40. The van der Waals surface area contributed by atoms with Crippen molar-refractivity contribution in [2.24, 2.45) is 0 Å². The van der Waals surface area contributed by atoms with E-state index in [4.69, 9.17) is 5.73 Å². The molecule has 0 radical (unpaired) electrons. The Labute approximate surface area is 159 Å². The van der Waals surface area contributed by atoms with Crippen molar-refractivity contribution in [3.63, 3.8) is 0 Å². The molecule has 1 saturated carbocycles. The Hall–Kier alpha value is -2.09. The molecule has 2 aromatic rings. The predicted octanol–water partition coefficient (Wildman–Crippen LogP) is 3.00. The number of hydrogen-bond donors (Lipinski definition) is 3. The second kappa shape index (κ2) is 7.65. The van der Waals surface area contributed by atoms with Crippen molar-refractivity contribution in [1.82, 2.24) is 4.72 Å². The summed E-state index contributed by atoms with van der Waals surface area (Å²) in [4.78, 5) is 12.7. The van der Waals surface area contributed by atoms with Crippen LogP contribution in [0.5, 0.6) is 0 Å². The smallest absolute Gasteiger partial charge is 0.256 e. The molecule has 1 aliphatic carbocycles. The zero-order valence-corrected chi connectivity index (χ0v) is 16.2. The highest BCUT2D eigenvalue weighted by Gasteiger charge is 2.29. The third-order valence-corrected chi connectivity index (χ3v) is 5.80. The van der Waals surface area contributed by atoms with E-state index in [-0.39, 0.29) is 29.3 Å². The van der Waals surface area contributed by atoms with Gasteiger partial charge >= 0.3 is 0 Å². The largest absolute Gasteiger partial charge is 0.399 e. The summed E-state index contributed by atoms with van der Waals surface area (Å²) in [6.45, 7) is 3.55. The first-order valence-corrected chi connectivity index (χ1v) is 9.55. The van der Waals surface area contributed by atoms with Crippen LogP contribution in [0.3, 0.4) is 0 Å². The van der Waals surface area contributed by atoms with E-state index in [9.17, 15) is 13.2 Å². The molecule has 3 rings (SSSR count). The van der Waals surface area contributed by atoms with Gasteiger partial charge in [0.25, 0.3) is 5.91 Å². The molecular formula is C18H22ClN3O3S. The molecule has 0 saturated heterocycles. The summed E-state index contributed by atoms with van der Waals surface area (Å²) in [6, 6.07) is 9.98. The highest BCUT2D eigenvalue weighted by Crippen LogP contribution is 2.26. The third-order valence-electron chi connectivity index (χ3n) is 4.14. The average Bonchev–Trinajstić information content (AvgIpc) is 3.34. The van der Waals surface area contributed by atoms with Crippen LogP contribution in [0.1, 0.15) is 34.3 Å². The van der Waals surface area contributed by atoms with Gasteiger partial charge in [-0.25, -0.2) is 13.1 Å². The summed E-state index contributed by atoms with van der Waals surface area (Å²) in [6.07, 6.45) is 1.73. The Bertz CT molecular complexity index is 941. The number of rotatable bonds is 5. The first kappa shape index (κ1) is 20.2. The number of hydrogen-bond acceptors (Lipinski definition) is 4. The zero-order valence-electron chi connectivity index (χ0n) is 14.6. The predicted molar refractivity (Wildman–Crippen MR) is 105 cm³/mol. The molecule has 0 heterocycles. The van der Waals surface area contributed by atoms with Crippen LogP contribution in [0.25, 0.3) is 0 Å². The van der Waals surface area contributed by atoms with Gasteiger partial charge in [0.05, 0.1) is 4.90 Å². The Balaban J connectivity index is 0.00000243. The van der Waals surface area contributed by atoms with E-state index >= 15 is 0 Å². The van der Waals surface area contributed by atoms with Crippen LogP contribution in [0, 0.1) is 13.8 Å². The van der Waals surface area contributed by atoms with Gasteiger partial charge in [-0.05, 0) is 62.1 Å². The highest BCUT2D eigenvalue weighted by molar-refractivity contribution is 7.89. The Morgan fingerprint density at radius 1 is 1.08 bits per heavy atom. The lowest BCUT2D eigenvalue weighted by Gasteiger charge is -2.12. The van der Waals surface area contributed by atoms with Crippen LogP contribution in [0.4, 0.5) is 11.4 Å². The van der Waals surface area contributed by atoms with Gasteiger partial charge in [0.15, 0.2) is 0 Å². The fourth-order valence-corrected chi connectivity index (χ4v) is 4.11. The minimum absolute atomic E-state index is 0. The van der Waals surface area contributed by atoms with E-state index in [2.05, 4.69) is 10.0 Å². The van der Waals surface area contributed by atoms with Crippen molar-refractivity contribution in [1.29, 1.82) is 0 Å². The molecule has 26 heavy (non-hydrogen) atoms. The summed E-state index contributed by atoms with van der Waals surface area (Å²) >= 11 is 0. The molecule has 0 atom stereocenters. The quantitative estimate of drug-likeness (QED) is 0.677. The number of aryl methyl sites for hydroxylation is 2. The van der Waals surface area contributed by atoms with E-state index in [1.165, 1.54) is 6.07 Å². The lowest BCUT2D eigenvalue weighted by Crippen LogP contribution is -2.26. The Morgan fingerprint density at radius 2 is 1.73 bits per heavy atom. The fourth-order valence-electron chi connectivity index (χ4n) is 2.53. The minimum atomic E-state index is -3.59. The SMILES string of the molecule is Cc1ccc(N)cc1C(=O)Nc1ccc(C)c(S(=O)(=O)NC2CC2)c1.Cl. The number of nitrogen functional groups attached to an aromatic ring is 1. The summed E-state index contributed by atoms with van der Waals surface area (Å²) in [7, 11) is -3.59.